The monoisotopic (exact) mass is 881 g/mol. The molecule has 3 heterocycles. The topological polar surface area (TPSA) is 90.5 Å². The number of rotatable bonds is 23. The normalized spacial score (nSPS) is 20.8. The predicted octanol–water partition coefficient (Wildman–Crippen LogP) is 11.1. The smallest absolute Gasteiger partial charge is 0.233 e. The number of morpholine rings is 1. The van der Waals surface area contributed by atoms with Gasteiger partial charge in [0.05, 0.1) is 25.0 Å². The van der Waals surface area contributed by atoms with Gasteiger partial charge in [0.15, 0.2) is 0 Å². The van der Waals surface area contributed by atoms with Crippen LogP contribution in [0, 0.1) is 55.2 Å². The number of imide groups is 2. The third-order valence-corrected chi connectivity index (χ3v) is 16.4. The average molecular weight is 881 g/mol. The molecular formula is C54H96N4O5. The van der Waals surface area contributed by atoms with Crippen LogP contribution in [0.5, 0.6) is 0 Å². The lowest BCUT2D eigenvalue weighted by Crippen LogP contribution is -2.46. The van der Waals surface area contributed by atoms with Gasteiger partial charge in [-0.15, -0.1) is 0 Å². The molecule has 0 aromatic rings. The van der Waals surface area contributed by atoms with E-state index in [0.717, 1.165) is 56.5 Å². The Labute approximate surface area is 386 Å². The van der Waals surface area contributed by atoms with Gasteiger partial charge in [0.25, 0.3) is 0 Å². The summed E-state index contributed by atoms with van der Waals surface area (Å²) in [4.78, 5) is 62.3. The second-order valence-corrected chi connectivity index (χ2v) is 26.6. The van der Waals surface area contributed by atoms with Crippen molar-refractivity contribution in [2.45, 2.75) is 176 Å². The molecule has 63 heavy (non-hydrogen) atoms. The van der Waals surface area contributed by atoms with Gasteiger partial charge in [0.2, 0.25) is 23.6 Å². The molecule has 362 valence electrons. The fraction of sp³-hybridized carbons (Fsp3) is 0.852. The van der Waals surface area contributed by atoms with E-state index in [9.17, 15) is 19.2 Å². The Morgan fingerprint density at radius 3 is 1.21 bits per heavy atom. The highest BCUT2D eigenvalue weighted by atomic mass is 16.5. The molecular weight excluding hydrogens is 785 g/mol. The maximum absolute atomic E-state index is 13.9. The number of hydrogen-bond acceptors (Lipinski definition) is 7. The minimum Gasteiger partial charge on any atom is -0.379 e. The lowest BCUT2D eigenvalue weighted by atomic mass is 9.59. The minimum absolute atomic E-state index is 0.0625. The first-order valence-electron chi connectivity index (χ1n) is 24.5. The van der Waals surface area contributed by atoms with Crippen LogP contribution >= 0.6 is 0 Å². The van der Waals surface area contributed by atoms with E-state index >= 15 is 0 Å². The highest BCUT2D eigenvalue weighted by Crippen LogP contribution is 2.53. The van der Waals surface area contributed by atoms with Crippen LogP contribution in [0.25, 0.3) is 0 Å². The first-order chi connectivity index (χ1) is 28.4. The lowest BCUT2D eigenvalue weighted by Gasteiger charge is -2.46. The zero-order chi connectivity index (χ0) is 48.4. The van der Waals surface area contributed by atoms with Crippen LogP contribution in [-0.4, -0.2) is 109 Å². The van der Waals surface area contributed by atoms with Crippen LogP contribution in [0.4, 0.5) is 0 Å². The van der Waals surface area contributed by atoms with E-state index in [0.29, 0.717) is 45.7 Å². The van der Waals surface area contributed by atoms with E-state index in [4.69, 9.17) is 4.74 Å². The number of nitrogens with zero attached hydrogens (tertiary/aromatic N) is 4. The number of carbonyl (C=O) groups is 4. The number of ether oxygens (including phenoxy) is 1. The molecule has 0 spiro atoms. The van der Waals surface area contributed by atoms with Crippen molar-refractivity contribution in [2.75, 3.05) is 65.6 Å². The third-order valence-electron chi connectivity index (χ3n) is 16.4. The predicted molar refractivity (Wildman–Crippen MR) is 261 cm³/mol. The molecule has 3 aliphatic heterocycles. The zero-order valence-electron chi connectivity index (χ0n) is 44.1. The van der Waals surface area contributed by atoms with Crippen LogP contribution in [0.15, 0.2) is 24.3 Å². The molecule has 3 fully saturated rings. The quantitative estimate of drug-likeness (QED) is 0.0746. The molecule has 0 aromatic carbocycles. The fourth-order valence-corrected chi connectivity index (χ4v) is 11.1. The number of hydrogen-bond donors (Lipinski definition) is 0. The largest absolute Gasteiger partial charge is 0.379 e. The summed E-state index contributed by atoms with van der Waals surface area (Å²) >= 11 is 0. The molecule has 2 unspecified atom stereocenters. The van der Waals surface area contributed by atoms with Gasteiger partial charge in [-0.3, -0.25) is 38.8 Å². The molecule has 4 amide bonds. The minimum atomic E-state index is -0.405. The first-order valence-corrected chi connectivity index (χ1v) is 24.5. The van der Waals surface area contributed by atoms with Crippen molar-refractivity contribution >= 4 is 23.6 Å². The Kier molecular flexibility index (Phi) is 17.7. The second-order valence-electron chi connectivity index (χ2n) is 26.6. The van der Waals surface area contributed by atoms with Crippen LogP contribution in [0.3, 0.4) is 0 Å². The van der Waals surface area contributed by atoms with E-state index < -0.39 is 11.8 Å². The molecule has 3 rings (SSSR count). The Morgan fingerprint density at radius 1 is 0.540 bits per heavy atom. The second kappa shape index (κ2) is 20.2. The van der Waals surface area contributed by atoms with Gasteiger partial charge < -0.3 is 4.74 Å². The average Bonchev–Trinajstić information content (AvgIpc) is 3.52. The Morgan fingerprint density at radius 2 is 0.873 bits per heavy atom. The molecule has 3 aliphatic rings. The molecule has 0 saturated carbocycles. The summed E-state index contributed by atoms with van der Waals surface area (Å²) in [5.41, 5.74) is 2.42. The van der Waals surface area contributed by atoms with Gasteiger partial charge >= 0.3 is 0 Å². The molecule has 2 atom stereocenters. The van der Waals surface area contributed by atoms with Crippen molar-refractivity contribution in [3.05, 3.63) is 24.3 Å². The summed E-state index contributed by atoms with van der Waals surface area (Å²) in [7, 11) is 0. The molecule has 9 heteroatoms. The summed E-state index contributed by atoms with van der Waals surface area (Å²) in [6.45, 7) is 56.8. The van der Waals surface area contributed by atoms with Crippen molar-refractivity contribution in [3.8, 4) is 0 Å². The van der Waals surface area contributed by atoms with Crippen LogP contribution in [0.1, 0.15) is 176 Å². The van der Waals surface area contributed by atoms with Gasteiger partial charge in [-0.05, 0) is 81.8 Å². The van der Waals surface area contributed by atoms with Crippen molar-refractivity contribution in [1.29, 1.82) is 0 Å². The lowest BCUT2D eigenvalue weighted by molar-refractivity contribution is -0.140. The maximum Gasteiger partial charge on any atom is 0.233 e. The Hall–Kier alpha value is -2.36. The highest BCUT2D eigenvalue weighted by molar-refractivity contribution is 6.04. The van der Waals surface area contributed by atoms with E-state index in [1.807, 2.05) is 0 Å². The Balaban J connectivity index is 1.64. The summed E-state index contributed by atoms with van der Waals surface area (Å²) in [5, 5.41) is 0. The molecule has 0 N–H and O–H groups in total. The standard InChI is InChI=1S/C54H96N4O5/c1-39(51(13,14)35-49(9,10)37-53(17,18)47(3,4)5)31-41-33-43(59)57(45(41)61)25-23-55(21-22-56-27-29-63-30-28-56)24-26-58-44(60)34-42(46(58)62)32-40(2)52(15,16)36-50(11,12)38-54(19,20)48(6,7)8/h41-42H,1-2,21-38H2,3-20H3. The maximum atomic E-state index is 13.9. The van der Waals surface area contributed by atoms with Crippen LogP contribution < -0.4 is 0 Å². The van der Waals surface area contributed by atoms with Crippen molar-refractivity contribution < 1.29 is 23.9 Å². The number of carbonyl (C=O) groups excluding carboxylic acids is 4. The van der Waals surface area contributed by atoms with Gasteiger partial charge in [0.1, 0.15) is 0 Å². The van der Waals surface area contributed by atoms with Gasteiger partial charge in [-0.25, -0.2) is 0 Å². The van der Waals surface area contributed by atoms with Crippen molar-refractivity contribution in [2.24, 2.45) is 55.2 Å². The Bertz CT molecular complexity index is 1540. The summed E-state index contributed by atoms with van der Waals surface area (Å²) < 4.78 is 5.58. The highest BCUT2D eigenvalue weighted by Gasteiger charge is 2.45. The van der Waals surface area contributed by atoms with Crippen LogP contribution in [-0.2, 0) is 23.9 Å². The molecule has 0 aliphatic carbocycles. The van der Waals surface area contributed by atoms with E-state index in [1.165, 1.54) is 9.80 Å². The summed E-state index contributed by atoms with van der Waals surface area (Å²) in [6.07, 6.45) is 5.44. The van der Waals surface area contributed by atoms with Crippen LogP contribution in [0.2, 0.25) is 0 Å². The van der Waals surface area contributed by atoms with E-state index in [1.54, 1.807) is 0 Å². The van der Waals surface area contributed by atoms with Crippen molar-refractivity contribution in [3.63, 3.8) is 0 Å². The first kappa shape index (κ1) is 55.0. The van der Waals surface area contributed by atoms with Gasteiger partial charge in [-0.2, -0.15) is 0 Å². The summed E-state index contributed by atoms with van der Waals surface area (Å²) in [6, 6.07) is 0. The molecule has 0 bridgehead atoms. The molecule has 0 aromatic heterocycles. The molecule has 3 saturated heterocycles. The number of allylic oxidation sites excluding steroid dienone is 2. The summed E-state index contributed by atoms with van der Waals surface area (Å²) in [5.74, 6) is -1.30. The van der Waals surface area contributed by atoms with Gasteiger partial charge in [0, 0.05) is 65.2 Å². The van der Waals surface area contributed by atoms with Gasteiger partial charge in [-0.1, -0.05) is 149 Å². The van der Waals surface area contributed by atoms with E-state index in [2.05, 4.69) is 148 Å². The number of likely N-dealkylation sites (tertiary alicyclic amines) is 2. The molecule has 9 nitrogen and oxygen atoms in total. The third kappa shape index (κ3) is 15.1. The van der Waals surface area contributed by atoms with Crippen molar-refractivity contribution in [1.82, 2.24) is 19.6 Å². The fourth-order valence-electron chi connectivity index (χ4n) is 11.1. The van der Waals surface area contributed by atoms with E-state index in [-0.39, 0.29) is 92.9 Å². The number of amides is 4. The zero-order valence-corrected chi connectivity index (χ0v) is 44.1. The SMILES string of the molecule is C=C(CC1CC(=O)N(CCN(CCN2CCOCC2)CCN2C(=O)CC(CC(=C)C(C)(C)CC(C)(C)CC(C)(C)C(C)(C)C)C2=O)C1=O)C(C)(C)CC(C)(C)CC(C)(C)C(C)(C)C. The molecule has 0 radical (unpaired) electrons.